The van der Waals surface area contributed by atoms with Gasteiger partial charge in [-0.05, 0) is 37.5 Å². The molecule has 1 aromatic rings. The van der Waals surface area contributed by atoms with E-state index in [1.165, 1.54) is 6.07 Å². The van der Waals surface area contributed by atoms with Crippen molar-refractivity contribution in [3.63, 3.8) is 0 Å². The normalized spacial score (nSPS) is 27.0. The predicted molar refractivity (Wildman–Crippen MR) is 112 cm³/mol. The highest BCUT2D eigenvalue weighted by Crippen LogP contribution is 2.38. The Hall–Kier alpha value is -1.70. The van der Waals surface area contributed by atoms with E-state index in [2.05, 4.69) is 22.0 Å². The van der Waals surface area contributed by atoms with Gasteiger partial charge in [0.1, 0.15) is 5.82 Å². The first-order chi connectivity index (χ1) is 14.2. The number of guanidine groups is 1. The lowest BCUT2D eigenvalue weighted by atomic mass is 9.87. The quantitative estimate of drug-likeness (QED) is 0.603. The maximum atomic E-state index is 13.9. The van der Waals surface area contributed by atoms with E-state index in [4.69, 9.17) is 14.5 Å². The number of hydrogen-bond donors (Lipinski definition) is 1. The number of nitrogens with one attached hydrogen (secondary N) is 1. The molecule has 3 aliphatic rings. The van der Waals surface area contributed by atoms with Crippen LogP contribution < -0.4 is 5.32 Å². The van der Waals surface area contributed by atoms with E-state index in [1.54, 1.807) is 12.1 Å². The van der Waals surface area contributed by atoms with Crippen LogP contribution in [0.3, 0.4) is 0 Å². The van der Waals surface area contributed by atoms with Gasteiger partial charge in [0.15, 0.2) is 5.96 Å². The molecule has 0 radical (unpaired) electrons. The topological polar surface area (TPSA) is 49.3 Å². The summed E-state index contributed by atoms with van der Waals surface area (Å²) < 4.78 is 25.1. The lowest BCUT2D eigenvalue weighted by Crippen LogP contribution is -2.43. The smallest absolute Gasteiger partial charge is 0.194 e. The molecule has 2 unspecified atom stereocenters. The van der Waals surface area contributed by atoms with Gasteiger partial charge in [0.25, 0.3) is 0 Å². The summed E-state index contributed by atoms with van der Waals surface area (Å²) >= 11 is 0. The molecule has 3 aliphatic heterocycles. The fourth-order valence-electron chi connectivity index (χ4n) is 4.72. The Morgan fingerprint density at radius 3 is 2.79 bits per heavy atom. The summed E-state index contributed by atoms with van der Waals surface area (Å²) in [6.45, 7) is 10.4. The van der Waals surface area contributed by atoms with Gasteiger partial charge in [-0.3, -0.25) is 9.89 Å². The predicted octanol–water partition coefficient (Wildman–Crippen LogP) is 2.28. The van der Waals surface area contributed by atoms with E-state index in [-0.39, 0.29) is 11.9 Å². The molecule has 0 amide bonds. The van der Waals surface area contributed by atoms with E-state index in [9.17, 15) is 4.39 Å². The number of benzene rings is 1. The van der Waals surface area contributed by atoms with Gasteiger partial charge in [0.05, 0.1) is 32.4 Å². The number of aliphatic imine (C=N–C) groups is 1. The summed E-state index contributed by atoms with van der Waals surface area (Å²) in [5.41, 5.74) is 1.27. The number of likely N-dealkylation sites (tertiary alicyclic amines) is 1. The lowest BCUT2D eigenvalue weighted by molar-refractivity contribution is 0.0179. The summed E-state index contributed by atoms with van der Waals surface area (Å²) in [5.74, 6) is 0.769. The van der Waals surface area contributed by atoms with Crippen molar-refractivity contribution in [2.75, 3.05) is 65.7 Å². The zero-order valence-corrected chi connectivity index (χ0v) is 17.4. The molecule has 0 aromatic heterocycles. The fraction of sp³-hybridized carbons (Fsp3) is 0.682. The van der Waals surface area contributed by atoms with Crippen molar-refractivity contribution in [1.82, 2.24) is 15.1 Å². The molecule has 4 rings (SSSR count). The molecule has 160 valence electrons. The van der Waals surface area contributed by atoms with Gasteiger partial charge in [-0.25, -0.2) is 4.39 Å². The first kappa shape index (κ1) is 20.6. The number of hydrogen-bond acceptors (Lipinski definition) is 4. The number of nitrogens with zero attached hydrogens (tertiary/aromatic N) is 3. The van der Waals surface area contributed by atoms with Gasteiger partial charge in [0, 0.05) is 44.7 Å². The van der Waals surface area contributed by atoms with Crippen molar-refractivity contribution in [2.24, 2.45) is 10.4 Å². The Labute approximate surface area is 173 Å². The molecule has 7 heteroatoms. The van der Waals surface area contributed by atoms with Crippen LogP contribution in [0.25, 0.3) is 0 Å². The minimum absolute atomic E-state index is 0.0506. The van der Waals surface area contributed by atoms with Crippen molar-refractivity contribution >= 4 is 5.96 Å². The monoisotopic (exact) mass is 404 g/mol. The van der Waals surface area contributed by atoms with Gasteiger partial charge >= 0.3 is 0 Å². The average Bonchev–Trinajstić information content (AvgIpc) is 3.38. The Morgan fingerprint density at radius 2 is 2.07 bits per heavy atom. The molecule has 0 aliphatic carbocycles. The standard InChI is InChI=1S/C22H33FN4O2/c1-2-24-21(27-8-6-22(16-27)7-11-29-17-22)25-15-20(26-9-12-28-13-10-26)18-4-3-5-19(23)14-18/h3-5,14,20H,2,6-13,15-17H2,1H3,(H,24,25). The third-order valence-corrected chi connectivity index (χ3v) is 6.39. The molecular formula is C22H33FN4O2. The zero-order chi connectivity index (χ0) is 20.1. The van der Waals surface area contributed by atoms with Crippen LogP contribution in [0.5, 0.6) is 0 Å². The minimum Gasteiger partial charge on any atom is -0.381 e. The fourth-order valence-corrected chi connectivity index (χ4v) is 4.72. The molecule has 3 fully saturated rings. The Bertz CT molecular complexity index is 702. The molecule has 1 spiro atoms. The molecule has 1 N–H and O–H groups in total. The van der Waals surface area contributed by atoms with Crippen molar-refractivity contribution in [1.29, 1.82) is 0 Å². The second-order valence-corrected chi connectivity index (χ2v) is 8.39. The van der Waals surface area contributed by atoms with Crippen LogP contribution >= 0.6 is 0 Å². The second kappa shape index (κ2) is 9.41. The number of ether oxygens (including phenoxy) is 2. The highest BCUT2D eigenvalue weighted by atomic mass is 19.1. The molecule has 1 aromatic carbocycles. The van der Waals surface area contributed by atoms with Crippen LogP contribution in [0.2, 0.25) is 0 Å². The summed E-state index contributed by atoms with van der Waals surface area (Å²) in [6.07, 6.45) is 2.30. The van der Waals surface area contributed by atoms with Crippen LogP contribution in [-0.4, -0.2) is 81.5 Å². The molecule has 3 heterocycles. The number of rotatable bonds is 5. The SMILES string of the molecule is CCNC(=NCC(c1cccc(F)c1)N1CCOCC1)N1CCC2(CCOC2)C1. The van der Waals surface area contributed by atoms with Crippen molar-refractivity contribution in [3.05, 3.63) is 35.6 Å². The third kappa shape index (κ3) is 4.90. The Balaban J connectivity index is 1.52. The molecule has 29 heavy (non-hydrogen) atoms. The van der Waals surface area contributed by atoms with Crippen LogP contribution in [0, 0.1) is 11.2 Å². The Morgan fingerprint density at radius 1 is 1.21 bits per heavy atom. The van der Waals surface area contributed by atoms with E-state index in [1.807, 2.05) is 6.07 Å². The van der Waals surface area contributed by atoms with Crippen molar-refractivity contribution < 1.29 is 13.9 Å². The van der Waals surface area contributed by atoms with E-state index in [0.29, 0.717) is 25.2 Å². The van der Waals surface area contributed by atoms with Crippen LogP contribution in [0.4, 0.5) is 4.39 Å². The molecule has 2 atom stereocenters. The maximum absolute atomic E-state index is 13.9. The first-order valence-corrected chi connectivity index (χ1v) is 10.9. The van der Waals surface area contributed by atoms with Gasteiger partial charge < -0.3 is 19.7 Å². The van der Waals surface area contributed by atoms with Crippen molar-refractivity contribution in [2.45, 2.75) is 25.8 Å². The van der Waals surface area contributed by atoms with Crippen LogP contribution in [-0.2, 0) is 9.47 Å². The average molecular weight is 405 g/mol. The van der Waals surface area contributed by atoms with E-state index >= 15 is 0 Å². The van der Waals surface area contributed by atoms with Gasteiger partial charge in [-0.15, -0.1) is 0 Å². The Kier molecular flexibility index (Phi) is 6.67. The molecule has 3 saturated heterocycles. The summed E-state index contributed by atoms with van der Waals surface area (Å²) in [4.78, 5) is 9.76. The highest BCUT2D eigenvalue weighted by Gasteiger charge is 2.42. The van der Waals surface area contributed by atoms with Gasteiger partial charge in [-0.2, -0.15) is 0 Å². The minimum atomic E-state index is -0.195. The van der Waals surface area contributed by atoms with Crippen molar-refractivity contribution in [3.8, 4) is 0 Å². The number of morpholine rings is 1. The van der Waals surface area contributed by atoms with Crippen LogP contribution in [0.15, 0.2) is 29.3 Å². The van der Waals surface area contributed by atoms with Crippen LogP contribution in [0.1, 0.15) is 31.4 Å². The largest absolute Gasteiger partial charge is 0.381 e. The first-order valence-electron chi connectivity index (χ1n) is 10.9. The lowest BCUT2D eigenvalue weighted by Gasteiger charge is -2.34. The summed E-state index contributed by atoms with van der Waals surface area (Å²) in [6, 6.07) is 6.99. The maximum Gasteiger partial charge on any atom is 0.194 e. The van der Waals surface area contributed by atoms with Gasteiger partial charge in [0.2, 0.25) is 0 Å². The molecule has 0 saturated carbocycles. The molecular weight excluding hydrogens is 371 g/mol. The van der Waals surface area contributed by atoms with E-state index < -0.39 is 0 Å². The second-order valence-electron chi connectivity index (χ2n) is 8.39. The number of halogens is 1. The molecule has 0 bridgehead atoms. The molecule has 6 nitrogen and oxygen atoms in total. The van der Waals surface area contributed by atoms with E-state index in [0.717, 1.165) is 70.3 Å². The third-order valence-electron chi connectivity index (χ3n) is 6.39. The highest BCUT2D eigenvalue weighted by molar-refractivity contribution is 5.80. The van der Waals surface area contributed by atoms with Gasteiger partial charge in [-0.1, -0.05) is 12.1 Å². The summed E-state index contributed by atoms with van der Waals surface area (Å²) in [7, 11) is 0. The zero-order valence-electron chi connectivity index (χ0n) is 17.4. The summed E-state index contributed by atoms with van der Waals surface area (Å²) in [5, 5.41) is 3.47.